The molecule has 0 saturated carbocycles. The Morgan fingerprint density at radius 1 is 1.39 bits per heavy atom. The molecule has 0 aliphatic carbocycles. The van der Waals surface area contributed by atoms with Gasteiger partial charge in [-0.25, -0.2) is 0 Å². The molecule has 1 N–H and O–H groups in total. The predicted molar refractivity (Wildman–Crippen MR) is 76.2 cm³/mol. The number of hydrogen-bond acceptors (Lipinski definition) is 3. The highest BCUT2D eigenvalue weighted by Crippen LogP contribution is 2.25. The van der Waals surface area contributed by atoms with E-state index in [2.05, 4.69) is 49.2 Å². The van der Waals surface area contributed by atoms with Crippen molar-refractivity contribution in [3.05, 3.63) is 29.3 Å². The molecule has 0 spiro atoms. The van der Waals surface area contributed by atoms with Gasteiger partial charge >= 0.3 is 0 Å². The molecule has 0 unspecified atom stereocenters. The van der Waals surface area contributed by atoms with Crippen molar-refractivity contribution in [2.75, 3.05) is 31.6 Å². The number of hydrogen-bond donors (Lipinski definition) is 1. The van der Waals surface area contributed by atoms with Crippen LogP contribution in [0.25, 0.3) is 0 Å². The Bertz CT molecular complexity index is 415. The number of rotatable bonds is 3. The van der Waals surface area contributed by atoms with Crippen molar-refractivity contribution in [1.82, 2.24) is 5.32 Å². The molecule has 1 fully saturated rings. The number of nitrogens with one attached hydrogen (secondary N) is 1. The van der Waals surface area contributed by atoms with Gasteiger partial charge in [0, 0.05) is 25.3 Å². The van der Waals surface area contributed by atoms with Gasteiger partial charge < -0.3 is 15.0 Å². The van der Waals surface area contributed by atoms with Crippen LogP contribution in [0.3, 0.4) is 0 Å². The zero-order chi connectivity index (χ0) is 13.2. The first-order chi connectivity index (χ1) is 8.52. The molecule has 1 aliphatic rings. The van der Waals surface area contributed by atoms with Crippen LogP contribution in [0.15, 0.2) is 18.2 Å². The Balaban J connectivity index is 2.16. The van der Waals surface area contributed by atoms with Crippen molar-refractivity contribution in [2.24, 2.45) is 0 Å². The Labute approximate surface area is 110 Å². The van der Waals surface area contributed by atoms with Gasteiger partial charge in [-0.3, -0.25) is 0 Å². The average Bonchev–Trinajstić information content (AvgIpc) is 2.30. The lowest BCUT2D eigenvalue weighted by atomic mass is 10.0. The van der Waals surface area contributed by atoms with Gasteiger partial charge in [0.15, 0.2) is 0 Å². The lowest BCUT2D eigenvalue weighted by molar-refractivity contribution is -0.0276. The summed E-state index contributed by atoms with van der Waals surface area (Å²) in [4.78, 5) is 2.42. The van der Waals surface area contributed by atoms with E-state index >= 15 is 0 Å². The number of ether oxygens (including phenoxy) is 1. The zero-order valence-electron chi connectivity index (χ0n) is 11.9. The molecule has 2 rings (SSSR count). The van der Waals surface area contributed by atoms with Gasteiger partial charge in [0.05, 0.1) is 12.2 Å². The minimum absolute atomic E-state index is 0.0458. The van der Waals surface area contributed by atoms with E-state index in [1.165, 1.54) is 16.8 Å². The van der Waals surface area contributed by atoms with Crippen molar-refractivity contribution in [1.29, 1.82) is 0 Å². The SMILES string of the molecule is CNCc1ccc(N2CCOC(C)(C)C2)cc1C. The molecular formula is C15H24N2O. The Morgan fingerprint density at radius 3 is 2.78 bits per heavy atom. The first-order valence-electron chi connectivity index (χ1n) is 6.65. The van der Waals surface area contributed by atoms with Gasteiger partial charge in [-0.1, -0.05) is 6.07 Å². The van der Waals surface area contributed by atoms with E-state index < -0.39 is 0 Å². The standard InChI is InChI=1S/C15H24N2O/c1-12-9-14(6-5-13(12)10-16-4)17-7-8-18-15(2,3)11-17/h5-6,9,16H,7-8,10-11H2,1-4H3. The summed E-state index contributed by atoms with van der Waals surface area (Å²) in [5.74, 6) is 0. The van der Waals surface area contributed by atoms with Crippen LogP contribution < -0.4 is 10.2 Å². The second-order valence-electron chi connectivity index (χ2n) is 5.67. The fourth-order valence-electron chi connectivity index (χ4n) is 2.50. The summed E-state index contributed by atoms with van der Waals surface area (Å²) in [6, 6.07) is 6.73. The summed E-state index contributed by atoms with van der Waals surface area (Å²) >= 11 is 0. The van der Waals surface area contributed by atoms with Gasteiger partial charge in [-0.05, 0) is 51.1 Å². The lowest BCUT2D eigenvalue weighted by Gasteiger charge is -2.39. The Morgan fingerprint density at radius 2 is 2.17 bits per heavy atom. The van der Waals surface area contributed by atoms with Gasteiger partial charge in [-0.15, -0.1) is 0 Å². The molecule has 0 atom stereocenters. The van der Waals surface area contributed by atoms with E-state index in [0.717, 1.165) is 26.2 Å². The molecule has 1 saturated heterocycles. The minimum Gasteiger partial charge on any atom is -0.372 e. The molecule has 3 heteroatoms. The van der Waals surface area contributed by atoms with E-state index in [9.17, 15) is 0 Å². The Kier molecular flexibility index (Phi) is 3.93. The zero-order valence-corrected chi connectivity index (χ0v) is 11.9. The largest absolute Gasteiger partial charge is 0.372 e. The molecule has 18 heavy (non-hydrogen) atoms. The van der Waals surface area contributed by atoms with Crippen molar-refractivity contribution in [2.45, 2.75) is 32.9 Å². The maximum absolute atomic E-state index is 5.76. The van der Waals surface area contributed by atoms with E-state index in [0.29, 0.717) is 0 Å². The van der Waals surface area contributed by atoms with Crippen molar-refractivity contribution < 1.29 is 4.74 Å². The van der Waals surface area contributed by atoms with Crippen LogP contribution in [0.4, 0.5) is 5.69 Å². The predicted octanol–water partition coefficient (Wildman–Crippen LogP) is 2.33. The first-order valence-corrected chi connectivity index (χ1v) is 6.65. The molecule has 1 heterocycles. The monoisotopic (exact) mass is 248 g/mol. The first kappa shape index (κ1) is 13.4. The molecular weight excluding hydrogens is 224 g/mol. The summed E-state index contributed by atoms with van der Waals surface area (Å²) in [6.07, 6.45) is 0. The van der Waals surface area contributed by atoms with E-state index in [1.54, 1.807) is 0 Å². The third-order valence-corrected chi connectivity index (χ3v) is 3.48. The summed E-state index contributed by atoms with van der Waals surface area (Å²) in [5.41, 5.74) is 3.99. The molecule has 1 aromatic carbocycles. The quantitative estimate of drug-likeness (QED) is 0.888. The number of morpholine rings is 1. The molecule has 0 aromatic heterocycles. The van der Waals surface area contributed by atoms with Crippen LogP contribution in [-0.2, 0) is 11.3 Å². The van der Waals surface area contributed by atoms with Gasteiger partial charge in [-0.2, -0.15) is 0 Å². The summed E-state index contributed by atoms with van der Waals surface area (Å²) in [6.45, 7) is 10.2. The number of aryl methyl sites for hydroxylation is 1. The van der Waals surface area contributed by atoms with Crippen LogP contribution in [0.2, 0.25) is 0 Å². The molecule has 100 valence electrons. The van der Waals surface area contributed by atoms with Gasteiger partial charge in [0.25, 0.3) is 0 Å². The van der Waals surface area contributed by atoms with Crippen molar-refractivity contribution in [3.63, 3.8) is 0 Å². The number of benzene rings is 1. The minimum atomic E-state index is -0.0458. The highest BCUT2D eigenvalue weighted by Gasteiger charge is 2.27. The van der Waals surface area contributed by atoms with E-state index in [1.807, 2.05) is 7.05 Å². The van der Waals surface area contributed by atoms with Crippen LogP contribution in [0.1, 0.15) is 25.0 Å². The molecule has 1 aromatic rings. The smallest absolute Gasteiger partial charge is 0.0801 e. The fourth-order valence-corrected chi connectivity index (χ4v) is 2.50. The van der Waals surface area contributed by atoms with Gasteiger partial charge in [0.1, 0.15) is 0 Å². The second kappa shape index (κ2) is 5.29. The third-order valence-electron chi connectivity index (χ3n) is 3.48. The summed E-state index contributed by atoms with van der Waals surface area (Å²) in [5, 5.41) is 3.20. The molecule has 3 nitrogen and oxygen atoms in total. The highest BCUT2D eigenvalue weighted by molar-refractivity contribution is 5.51. The van der Waals surface area contributed by atoms with E-state index in [4.69, 9.17) is 4.74 Å². The number of nitrogens with zero attached hydrogens (tertiary/aromatic N) is 1. The molecule has 0 bridgehead atoms. The topological polar surface area (TPSA) is 24.5 Å². The second-order valence-corrected chi connectivity index (χ2v) is 5.67. The van der Waals surface area contributed by atoms with Crippen LogP contribution >= 0.6 is 0 Å². The Hall–Kier alpha value is -1.06. The maximum atomic E-state index is 5.76. The van der Waals surface area contributed by atoms with Crippen molar-refractivity contribution in [3.8, 4) is 0 Å². The fraction of sp³-hybridized carbons (Fsp3) is 0.600. The third kappa shape index (κ3) is 3.03. The van der Waals surface area contributed by atoms with Gasteiger partial charge in [0.2, 0.25) is 0 Å². The maximum Gasteiger partial charge on any atom is 0.0801 e. The number of anilines is 1. The highest BCUT2D eigenvalue weighted by atomic mass is 16.5. The van der Waals surface area contributed by atoms with E-state index in [-0.39, 0.29) is 5.60 Å². The molecule has 1 aliphatic heterocycles. The van der Waals surface area contributed by atoms with Crippen LogP contribution in [-0.4, -0.2) is 32.3 Å². The lowest BCUT2D eigenvalue weighted by Crippen LogP contribution is -2.48. The van der Waals surface area contributed by atoms with Crippen LogP contribution in [0.5, 0.6) is 0 Å². The summed E-state index contributed by atoms with van der Waals surface area (Å²) < 4.78 is 5.76. The summed E-state index contributed by atoms with van der Waals surface area (Å²) in [7, 11) is 1.98. The average molecular weight is 248 g/mol. The molecule has 0 radical (unpaired) electrons. The molecule has 0 amide bonds. The van der Waals surface area contributed by atoms with Crippen LogP contribution in [0, 0.1) is 6.92 Å². The van der Waals surface area contributed by atoms with Crippen molar-refractivity contribution >= 4 is 5.69 Å². The normalized spacial score (nSPS) is 19.0.